The first-order chi connectivity index (χ1) is 9.97. The van der Waals surface area contributed by atoms with Crippen molar-refractivity contribution in [3.05, 3.63) is 46.4 Å². The first-order valence-electron chi connectivity index (χ1n) is 6.18. The lowest BCUT2D eigenvalue weighted by atomic mass is 10.3. The van der Waals surface area contributed by atoms with E-state index < -0.39 is 16.8 Å². The summed E-state index contributed by atoms with van der Waals surface area (Å²) < 4.78 is 5.50. The Morgan fingerprint density at radius 2 is 2.05 bits per heavy atom. The summed E-state index contributed by atoms with van der Waals surface area (Å²) in [5.41, 5.74) is -0.0740. The molecule has 0 amide bonds. The van der Waals surface area contributed by atoms with Gasteiger partial charge in [0.25, 0.3) is 5.56 Å². The van der Waals surface area contributed by atoms with E-state index in [1.165, 1.54) is 6.92 Å². The minimum Gasteiger partial charge on any atom is -0.549 e. The fourth-order valence-electron chi connectivity index (χ4n) is 1.55. The number of hydrogen-bond acceptors (Lipinski definition) is 6. The molecule has 1 heterocycles. The Bertz CT molecular complexity index is 700. The number of carboxylic acids is 1. The number of nitrogens with zero attached hydrogens (tertiary/aromatic N) is 1. The van der Waals surface area contributed by atoms with Crippen LogP contribution in [0.2, 0.25) is 0 Å². The summed E-state index contributed by atoms with van der Waals surface area (Å²) in [4.78, 5) is 29.4. The van der Waals surface area contributed by atoms with E-state index in [-0.39, 0.29) is 10.9 Å². The van der Waals surface area contributed by atoms with Gasteiger partial charge in [0.1, 0.15) is 5.75 Å². The van der Waals surface area contributed by atoms with Crippen LogP contribution < -0.4 is 15.4 Å². The number of hydrogen-bond donors (Lipinski definition) is 1. The van der Waals surface area contributed by atoms with Crippen molar-refractivity contribution in [1.29, 1.82) is 0 Å². The molecule has 0 aliphatic rings. The summed E-state index contributed by atoms with van der Waals surface area (Å²) >= 11 is 0.911. The van der Waals surface area contributed by atoms with E-state index in [0.717, 1.165) is 11.8 Å². The van der Waals surface area contributed by atoms with Crippen molar-refractivity contribution in [3.63, 3.8) is 0 Å². The number of thioether (sulfide) groups is 1. The van der Waals surface area contributed by atoms with Crippen LogP contribution >= 0.6 is 11.8 Å². The summed E-state index contributed by atoms with van der Waals surface area (Å²) in [6.07, 6.45) is 0. The van der Waals surface area contributed by atoms with Crippen molar-refractivity contribution in [2.45, 2.75) is 24.3 Å². The Labute approximate surface area is 125 Å². The maximum atomic E-state index is 12.0. The highest BCUT2D eigenvalue weighted by Crippen LogP contribution is 2.23. The van der Waals surface area contributed by atoms with Gasteiger partial charge in [-0.3, -0.25) is 9.78 Å². The van der Waals surface area contributed by atoms with Gasteiger partial charge in [-0.05, 0) is 26.0 Å². The number of para-hydroxylation sites is 1. The van der Waals surface area contributed by atoms with E-state index >= 15 is 0 Å². The van der Waals surface area contributed by atoms with Gasteiger partial charge >= 0.3 is 0 Å². The normalized spacial score (nSPS) is 11.9. The molecule has 21 heavy (non-hydrogen) atoms. The number of aromatic nitrogens is 2. The second kappa shape index (κ2) is 6.45. The number of carbonyl (C=O) groups excluding carboxylic acids is 1. The Morgan fingerprint density at radius 3 is 2.62 bits per heavy atom. The average Bonchev–Trinajstić information content (AvgIpc) is 2.44. The molecule has 1 aromatic carbocycles. The van der Waals surface area contributed by atoms with Crippen molar-refractivity contribution in [3.8, 4) is 11.5 Å². The molecule has 7 heteroatoms. The number of rotatable bonds is 5. The number of H-pyrrole nitrogens is 1. The lowest BCUT2D eigenvalue weighted by Crippen LogP contribution is -2.31. The van der Waals surface area contributed by atoms with E-state index in [9.17, 15) is 14.7 Å². The molecule has 0 bridgehead atoms. The maximum Gasteiger partial charge on any atom is 0.294 e. The Hall–Kier alpha value is -2.28. The van der Waals surface area contributed by atoms with Gasteiger partial charge in [-0.25, -0.2) is 4.98 Å². The van der Waals surface area contributed by atoms with Crippen LogP contribution in [0, 0.1) is 6.92 Å². The third-order valence-corrected chi connectivity index (χ3v) is 3.57. The molecule has 0 aliphatic carbocycles. The van der Waals surface area contributed by atoms with Crippen molar-refractivity contribution in [2.24, 2.45) is 0 Å². The van der Waals surface area contributed by atoms with Crippen LogP contribution in [0.5, 0.6) is 11.5 Å². The molecule has 0 radical (unpaired) electrons. The molecule has 1 atom stereocenters. The second-order valence-corrected chi connectivity index (χ2v) is 5.61. The molecule has 2 rings (SSSR count). The minimum absolute atomic E-state index is 0.0895. The molecule has 0 spiro atoms. The van der Waals surface area contributed by atoms with E-state index in [2.05, 4.69) is 9.97 Å². The van der Waals surface area contributed by atoms with E-state index in [1.807, 2.05) is 6.07 Å². The van der Waals surface area contributed by atoms with Gasteiger partial charge in [0.05, 0.1) is 11.7 Å². The fraction of sp³-hybridized carbons (Fsp3) is 0.214. The highest BCUT2D eigenvalue weighted by atomic mass is 32.2. The third-order valence-electron chi connectivity index (χ3n) is 2.61. The SMILES string of the molecule is Cc1nc(S[C@@H](C)C(=O)[O-])[nH]c(=O)c1Oc1ccccc1. The molecular formula is C14H13N2O4S-. The number of aliphatic carboxylic acids is 1. The number of carbonyl (C=O) groups is 1. The van der Waals surface area contributed by atoms with Crippen LogP contribution in [0.4, 0.5) is 0 Å². The standard InChI is InChI=1S/C14H14N2O4S/c1-8-11(20-10-6-4-3-5-7-10)12(17)16-14(15-8)21-9(2)13(18)19/h3-7,9H,1-2H3,(H,18,19)(H,15,16,17)/p-1/t9-/m0/s1. The fourth-order valence-corrected chi connectivity index (χ4v) is 2.32. The number of aromatic amines is 1. The first kappa shape index (κ1) is 15.1. The van der Waals surface area contributed by atoms with Gasteiger partial charge in [-0.2, -0.15) is 0 Å². The molecule has 0 unspecified atom stereocenters. The van der Waals surface area contributed by atoms with E-state index in [4.69, 9.17) is 4.74 Å². The first-order valence-corrected chi connectivity index (χ1v) is 7.06. The van der Waals surface area contributed by atoms with Crippen molar-refractivity contribution >= 4 is 17.7 Å². The number of nitrogens with one attached hydrogen (secondary N) is 1. The number of benzene rings is 1. The molecule has 1 aromatic heterocycles. The van der Waals surface area contributed by atoms with Gasteiger partial charge in [0.2, 0.25) is 5.75 Å². The Kier molecular flexibility index (Phi) is 4.64. The predicted molar refractivity (Wildman–Crippen MR) is 76.4 cm³/mol. The van der Waals surface area contributed by atoms with Crippen molar-refractivity contribution < 1.29 is 14.6 Å². The number of carboxylic acid groups (broad SMARTS) is 1. The summed E-state index contributed by atoms with van der Waals surface area (Å²) in [5, 5.41) is 10.1. The molecule has 0 fully saturated rings. The molecule has 0 aliphatic heterocycles. The van der Waals surface area contributed by atoms with Crippen LogP contribution in [0.1, 0.15) is 12.6 Å². The van der Waals surface area contributed by atoms with Crippen LogP contribution in [-0.4, -0.2) is 21.2 Å². The van der Waals surface area contributed by atoms with E-state index in [1.54, 1.807) is 31.2 Å². The highest BCUT2D eigenvalue weighted by Gasteiger charge is 2.13. The van der Waals surface area contributed by atoms with Crippen LogP contribution in [0.25, 0.3) is 0 Å². The summed E-state index contributed by atoms with van der Waals surface area (Å²) in [5.74, 6) is -0.604. The largest absolute Gasteiger partial charge is 0.549 e. The third kappa shape index (κ3) is 3.85. The van der Waals surface area contributed by atoms with Crippen LogP contribution in [0.15, 0.2) is 40.3 Å². The minimum atomic E-state index is -1.22. The Morgan fingerprint density at radius 1 is 1.38 bits per heavy atom. The highest BCUT2D eigenvalue weighted by molar-refractivity contribution is 8.00. The maximum absolute atomic E-state index is 12.0. The molecule has 0 saturated carbocycles. The van der Waals surface area contributed by atoms with Crippen molar-refractivity contribution in [2.75, 3.05) is 0 Å². The molecule has 6 nitrogen and oxygen atoms in total. The van der Waals surface area contributed by atoms with Gasteiger partial charge in [-0.15, -0.1) is 0 Å². The molecule has 1 N–H and O–H groups in total. The zero-order chi connectivity index (χ0) is 15.4. The van der Waals surface area contributed by atoms with E-state index in [0.29, 0.717) is 11.4 Å². The topological polar surface area (TPSA) is 95.1 Å². The Balaban J connectivity index is 2.26. The molecule has 0 saturated heterocycles. The number of aryl methyl sites for hydroxylation is 1. The zero-order valence-corrected chi connectivity index (χ0v) is 12.3. The average molecular weight is 305 g/mol. The smallest absolute Gasteiger partial charge is 0.294 e. The summed E-state index contributed by atoms with van der Waals surface area (Å²) in [6.45, 7) is 3.09. The summed E-state index contributed by atoms with van der Waals surface area (Å²) in [7, 11) is 0. The lowest BCUT2D eigenvalue weighted by Gasteiger charge is -2.12. The lowest BCUT2D eigenvalue weighted by molar-refractivity contribution is -0.304. The van der Waals surface area contributed by atoms with Gasteiger partial charge in [0.15, 0.2) is 5.16 Å². The number of ether oxygens (including phenoxy) is 1. The van der Waals surface area contributed by atoms with Gasteiger partial charge in [-0.1, -0.05) is 30.0 Å². The molecule has 110 valence electrons. The van der Waals surface area contributed by atoms with Gasteiger partial charge < -0.3 is 14.6 Å². The monoisotopic (exact) mass is 305 g/mol. The predicted octanol–water partition coefficient (Wildman–Crippen LogP) is 1.10. The van der Waals surface area contributed by atoms with Crippen molar-refractivity contribution in [1.82, 2.24) is 9.97 Å². The zero-order valence-electron chi connectivity index (χ0n) is 11.5. The molecular weight excluding hydrogens is 292 g/mol. The quantitative estimate of drug-likeness (QED) is 0.656. The van der Waals surface area contributed by atoms with Crippen LogP contribution in [0.3, 0.4) is 0 Å². The molecule has 2 aromatic rings. The summed E-state index contributed by atoms with van der Waals surface area (Å²) in [6, 6.07) is 8.86. The van der Waals surface area contributed by atoms with Gasteiger partial charge in [0, 0.05) is 5.25 Å². The van der Waals surface area contributed by atoms with Crippen LogP contribution in [-0.2, 0) is 4.79 Å². The second-order valence-electron chi connectivity index (χ2n) is 4.28.